The van der Waals surface area contributed by atoms with Crippen LogP contribution in [0.2, 0.25) is 0 Å². The van der Waals surface area contributed by atoms with Gasteiger partial charge in [-0.1, -0.05) is 23.9 Å². The van der Waals surface area contributed by atoms with E-state index in [9.17, 15) is 14.4 Å². The zero-order valence-electron chi connectivity index (χ0n) is 15.5. The van der Waals surface area contributed by atoms with E-state index in [0.717, 1.165) is 16.8 Å². The standard InChI is InChI=1S/C20H16N2O5S2/c1-26-15-9-7-13(8-10-15)17(23)21-22-18(24)16(29-20(22)28)11-12-3-5-14(6-4-12)19(25)27-2/h3-11H,1-2H3,(H,21,23)/b16-11+. The normalized spacial score (nSPS) is 14.8. The van der Waals surface area contributed by atoms with Gasteiger partial charge in [0.2, 0.25) is 0 Å². The smallest absolute Gasteiger partial charge is 0.337 e. The number of methoxy groups -OCH3 is 2. The molecule has 0 spiro atoms. The van der Waals surface area contributed by atoms with Gasteiger partial charge in [-0.25, -0.2) is 4.79 Å². The summed E-state index contributed by atoms with van der Waals surface area (Å²) in [5.41, 5.74) is 4.00. The average molecular weight is 428 g/mol. The minimum Gasteiger partial charge on any atom is -0.497 e. The molecule has 1 saturated heterocycles. The van der Waals surface area contributed by atoms with Crippen LogP contribution in [0.15, 0.2) is 53.4 Å². The van der Waals surface area contributed by atoms with Gasteiger partial charge in [-0.2, -0.15) is 5.01 Å². The van der Waals surface area contributed by atoms with Crippen molar-refractivity contribution >= 4 is 52.2 Å². The molecule has 29 heavy (non-hydrogen) atoms. The number of amides is 2. The van der Waals surface area contributed by atoms with E-state index in [4.69, 9.17) is 17.0 Å². The number of carbonyl (C=O) groups excluding carboxylic acids is 3. The number of benzene rings is 2. The molecule has 3 rings (SSSR count). The molecule has 1 heterocycles. The zero-order chi connectivity index (χ0) is 21.0. The Bertz CT molecular complexity index is 1000. The Labute approximate surface area is 176 Å². The van der Waals surface area contributed by atoms with Crippen LogP contribution in [0.25, 0.3) is 6.08 Å². The number of ether oxygens (including phenoxy) is 2. The van der Waals surface area contributed by atoms with Gasteiger partial charge in [0.1, 0.15) is 5.75 Å². The summed E-state index contributed by atoms with van der Waals surface area (Å²) in [4.78, 5) is 36.9. The number of hydrogen-bond donors (Lipinski definition) is 1. The van der Waals surface area contributed by atoms with Crippen molar-refractivity contribution in [2.45, 2.75) is 0 Å². The van der Waals surface area contributed by atoms with Crippen LogP contribution < -0.4 is 10.2 Å². The highest BCUT2D eigenvalue weighted by Gasteiger charge is 2.33. The largest absolute Gasteiger partial charge is 0.497 e. The molecule has 7 nitrogen and oxygen atoms in total. The molecule has 0 radical (unpaired) electrons. The zero-order valence-corrected chi connectivity index (χ0v) is 17.1. The Morgan fingerprint density at radius 1 is 1.03 bits per heavy atom. The van der Waals surface area contributed by atoms with E-state index >= 15 is 0 Å². The topological polar surface area (TPSA) is 84.9 Å². The van der Waals surface area contributed by atoms with Gasteiger partial charge in [-0.15, -0.1) is 0 Å². The van der Waals surface area contributed by atoms with Gasteiger partial charge < -0.3 is 9.47 Å². The monoisotopic (exact) mass is 428 g/mol. The first-order valence-electron chi connectivity index (χ1n) is 8.34. The summed E-state index contributed by atoms with van der Waals surface area (Å²) >= 11 is 6.30. The van der Waals surface area contributed by atoms with Crippen LogP contribution >= 0.6 is 24.0 Å². The van der Waals surface area contributed by atoms with Crippen molar-refractivity contribution in [3.8, 4) is 5.75 Å². The fourth-order valence-electron chi connectivity index (χ4n) is 2.46. The molecule has 0 atom stereocenters. The van der Waals surface area contributed by atoms with Gasteiger partial charge in [0.05, 0.1) is 24.7 Å². The van der Waals surface area contributed by atoms with Crippen LogP contribution in [0.1, 0.15) is 26.3 Å². The van der Waals surface area contributed by atoms with Gasteiger partial charge in [-0.3, -0.25) is 15.0 Å². The predicted molar refractivity (Wildman–Crippen MR) is 113 cm³/mol. The molecule has 1 aliphatic heterocycles. The lowest BCUT2D eigenvalue weighted by Crippen LogP contribution is -2.44. The van der Waals surface area contributed by atoms with E-state index in [1.54, 1.807) is 54.6 Å². The Kier molecular flexibility index (Phi) is 6.30. The van der Waals surface area contributed by atoms with E-state index in [0.29, 0.717) is 27.3 Å². The Morgan fingerprint density at radius 3 is 2.24 bits per heavy atom. The first kappa shape index (κ1) is 20.6. The lowest BCUT2D eigenvalue weighted by Gasteiger charge is -2.15. The van der Waals surface area contributed by atoms with Crippen LogP contribution in [-0.4, -0.2) is 41.3 Å². The molecule has 2 aromatic rings. The Morgan fingerprint density at radius 2 is 1.66 bits per heavy atom. The van der Waals surface area contributed by atoms with Crippen molar-refractivity contribution < 1.29 is 23.9 Å². The first-order valence-corrected chi connectivity index (χ1v) is 9.57. The van der Waals surface area contributed by atoms with E-state index in [1.165, 1.54) is 14.2 Å². The predicted octanol–water partition coefficient (Wildman–Crippen LogP) is 3.03. The molecule has 9 heteroatoms. The molecule has 1 N–H and O–H groups in total. The molecule has 2 amide bonds. The average Bonchev–Trinajstić information content (AvgIpc) is 3.01. The fraction of sp³-hybridized carbons (Fsp3) is 0.100. The lowest BCUT2D eigenvalue weighted by molar-refractivity contribution is -0.123. The minimum absolute atomic E-state index is 0.217. The second kappa shape index (κ2) is 8.89. The van der Waals surface area contributed by atoms with E-state index in [2.05, 4.69) is 10.2 Å². The molecule has 0 bridgehead atoms. The third kappa shape index (κ3) is 4.64. The summed E-state index contributed by atoms with van der Waals surface area (Å²) in [5.74, 6) is -0.719. The first-order chi connectivity index (χ1) is 13.9. The van der Waals surface area contributed by atoms with Crippen LogP contribution in [0, 0.1) is 0 Å². The number of nitrogens with one attached hydrogen (secondary N) is 1. The Balaban J connectivity index is 1.72. The number of thiocarbonyl (C=S) groups is 1. The van der Waals surface area contributed by atoms with Crippen molar-refractivity contribution in [1.82, 2.24) is 10.4 Å². The van der Waals surface area contributed by atoms with E-state index < -0.39 is 17.8 Å². The van der Waals surface area contributed by atoms with Crippen LogP contribution in [0.3, 0.4) is 0 Å². The molecule has 0 aromatic heterocycles. The number of esters is 1. The second-order valence-corrected chi connectivity index (χ2v) is 7.48. The SMILES string of the molecule is COC(=O)c1ccc(/C=C2/SC(=S)N(NC(=O)c3ccc(OC)cc3)C2=O)cc1. The number of nitrogens with zero attached hydrogens (tertiary/aromatic N) is 1. The molecule has 0 saturated carbocycles. The number of thioether (sulfide) groups is 1. The quantitative estimate of drug-likeness (QED) is 0.445. The van der Waals surface area contributed by atoms with Crippen LogP contribution in [0.4, 0.5) is 0 Å². The molecule has 0 unspecified atom stereocenters. The maximum atomic E-state index is 12.6. The third-order valence-electron chi connectivity index (χ3n) is 3.99. The molecule has 148 valence electrons. The van der Waals surface area contributed by atoms with Gasteiger partial charge in [0.15, 0.2) is 4.32 Å². The van der Waals surface area contributed by atoms with Crippen LogP contribution in [-0.2, 0) is 9.53 Å². The van der Waals surface area contributed by atoms with Crippen molar-refractivity contribution in [2.75, 3.05) is 14.2 Å². The summed E-state index contributed by atoms with van der Waals surface area (Å²) < 4.78 is 9.93. The second-order valence-electron chi connectivity index (χ2n) is 5.80. The van der Waals surface area contributed by atoms with Crippen molar-refractivity contribution in [1.29, 1.82) is 0 Å². The summed E-state index contributed by atoms with van der Waals surface area (Å²) in [5, 5.41) is 1.04. The molecular weight excluding hydrogens is 412 g/mol. The molecular formula is C20H16N2O5S2. The molecule has 2 aromatic carbocycles. The summed E-state index contributed by atoms with van der Waals surface area (Å²) in [6.07, 6.45) is 1.64. The fourth-order valence-corrected chi connectivity index (χ4v) is 3.64. The van der Waals surface area contributed by atoms with Crippen molar-refractivity contribution in [3.63, 3.8) is 0 Å². The summed E-state index contributed by atoms with van der Waals surface area (Å²) in [6, 6.07) is 13.1. The van der Waals surface area contributed by atoms with Gasteiger partial charge in [0, 0.05) is 5.56 Å². The maximum Gasteiger partial charge on any atom is 0.337 e. The number of hydrogen-bond acceptors (Lipinski definition) is 7. The van der Waals surface area contributed by atoms with Crippen molar-refractivity contribution in [2.24, 2.45) is 0 Å². The molecule has 1 fully saturated rings. The van der Waals surface area contributed by atoms with Gasteiger partial charge in [0.25, 0.3) is 11.8 Å². The van der Waals surface area contributed by atoms with Crippen molar-refractivity contribution in [3.05, 3.63) is 70.1 Å². The molecule has 0 aliphatic carbocycles. The number of rotatable bonds is 5. The third-order valence-corrected chi connectivity index (χ3v) is 5.29. The number of hydrazine groups is 1. The van der Waals surface area contributed by atoms with E-state index in [-0.39, 0.29) is 4.32 Å². The molecule has 1 aliphatic rings. The number of carbonyl (C=O) groups is 3. The summed E-state index contributed by atoms with van der Waals surface area (Å²) in [6.45, 7) is 0. The maximum absolute atomic E-state index is 12.6. The lowest BCUT2D eigenvalue weighted by atomic mass is 10.1. The highest BCUT2D eigenvalue weighted by Crippen LogP contribution is 2.31. The van der Waals surface area contributed by atoms with Gasteiger partial charge >= 0.3 is 5.97 Å². The van der Waals surface area contributed by atoms with Gasteiger partial charge in [-0.05, 0) is 60.3 Å². The minimum atomic E-state index is -0.465. The highest BCUT2D eigenvalue weighted by molar-refractivity contribution is 8.26. The highest BCUT2D eigenvalue weighted by atomic mass is 32.2. The Hall–Kier alpha value is -3.17. The van der Waals surface area contributed by atoms with Crippen LogP contribution in [0.5, 0.6) is 5.75 Å². The van der Waals surface area contributed by atoms with E-state index in [1.807, 2.05) is 0 Å². The summed E-state index contributed by atoms with van der Waals surface area (Å²) in [7, 11) is 2.84.